The first kappa shape index (κ1) is 12.0. The normalized spacial score (nSPS) is 26.4. The van der Waals surface area contributed by atoms with Gasteiger partial charge in [-0.25, -0.2) is 4.79 Å². The van der Waals surface area contributed by atoms with Crippen LogP contribution in [0.15, 0.2) is 0 Å². The Bertz CT molecular complexity index is 261. The Balaban J connectivity index is 2.98. The molecule has 4 heteroatoms. The lowest BCUT2D eigenvalue weighted by Crippen LogP contribution is -2.58. The average molecular weight is 213 g/mol. The van der Waals surface area contributed by atoms with Crippen LogP contribution in [0, 0.1) is 0 Å². The lowest BCUT2D eigenvalue weighted by Gasteiger charge is -2.43. The number of carbonyl (C=O) groups excluding carboxylic acids is 1. The van der Waals surface area contributed by atoms with Crippen molar-refractivity contribution in [2.45, 2.75) is 51.5 Å². The van der Waals surface area contributed by atoms with Crippen LogP contribution in [0.5, 0.6) is 0 Å². The van der Waals surface area contributed by atoms with Crippen LogP contribution in [0.2, 0.25) is 0 Å². The first-order valence-electron chi connectivity index (χ1n) is 5.56. The van der Waals surface area contributed by atoms with Crippen LogP contribution < -0.4 is 0 Å². The molecule has 1 unspecified atom stereocenters. The van der Waals surface area contributed by atoms with E-state index in [2.05, 4.69) is 0 Å². The molecule has 0 aromatic heterocycles. The van der Waals surface area contributed by atoms with Crippen molar-refractivity contribution in [1.82, 2.24) is 4.90 Å². The molecule has 0 aromatic carbocycles. The summed E-state index contributed by atoms with van der Waals surface area (Å²) >= 11 is 0. The Kier molecular flexibility index (Phi) is 3.72. The molecule has 86 valence electrons. The van der Waals surface area contributed by atoms with Crippen molar-refractivity contribution in [2.24, 2.45) is 0 Å². The zero-order valence-corrected chi connectivity index (χ0v) is 9.45. The highest BCUT2D eigenvalue weighted by Crippen LogP contribution is 2.32. The minimum Gasteiger partial charge on any atom is -0.479 e. The van der Waals surface area contributed by atoms with Gasteiger partial charge in [-0.05, 0) is 25.7 Å². The van der Waals surface area contributed by atoms with Gasteiger partial charge in [0.25, 0.3) is 0 Å². The van der Waals surface area contributed by atoms with Gasteiger partial charge < -0.3 is 10.0 Å². The molecule has 1 heterocycles. The van der Waals surface area contributed by atoms with Crippen molar-refractivity contribution < 1.29 is 14.7 Å². The second-order valence-electron chi connectivity index (χ2n) is 4.21. The van der Waals surface area contributed by atoms with E-state index in [1.807, 2.05) is 6.92 Å². The molecular weight excluding hydrogens is 194 g/mol. The van der Waals surface area contributed by atoms with Gasteiger partial charge in [-0.1, -0.05) is 13.3 Å². The van der Waals surface area contributed by atoms with Gasteiger partial charge in [0.2, 0.25) is 5.91 Å². The quantitative estimate of drug-likeness (QED) is 0.775. The maximum Gasteiger partial charge on any atom is 0.329 e. The summed E-state index contributed by atoms with van der Waals surface area (Å²) in [6.45, 7) is 4.00. The number of hydrogen-bond donors (Lipinski definition) is 1. The first-order chi connectivity index (χ1) is 7.04. The third-order valence-corrected chi connectivity index (χ3v) is 3.18. The molecule has 0 aliphatic carbocycles. The van der Waals surface area contributed by atoms with Gasteiger partial charge in [-0.2, -0.15) is 0 Å². The number of hydrogen-bond acceptors (Lipinski definition) is 2. The average Bonchev–Trinajstić information content (AvgIpc) is 2.18. The summed E-state index contributed by atoms with van der Waals surface area (Å²) in [6, 6.07) is 0. The molecule has 1 saturated heterocycles. The molecule has 4 nitrogen and oxygen atoms in total. The van der Waals surface area contributed by atoms with E-state index in [0.717, 1.165) is 19.3 Å². The highest BCUT2D eigenvalue weighted by atomic mass is 16.4. The van der Waals surface area contributed by atoms with Crippen molar-refractivity contribution in [3.63, 3.8) is 0 Å². The third kappa shape index (κ3) is 2.13. The minimum atomic E-state index is -0.932. The van der Waals surface area contributed by atoms with Crippen LogP contribution in [0.4, 0.5) is 0 Å². The SMILES string of the molecule is CCCC1(C(=O)O)CCCCN1C(C)=O. The lowest BCUT2D eigenvalue weighted by atomic mass is 9.82. The molecule has 1 amide bonds. The molecule has 1 N–H and O–H groups in total. The van der Waals surface area contributed by atoms with Crippen LogP contribution in [-0.4, -0.2) is 34.0 Å². The Labute approximate surface area is 90.3 Å². The molecule has 0 spiro atoms. The second-order valence-corrected chi connectivity index (χ2v) is 4.21. The highest BCUT2D eigenvalue weighted by molar-refractivity contribution is 5.86. The molecule has 0 saturated carbocycles. The molecule has 1 aliphatic rings. The van der Waals surface area contributed by atoms with Crippen LogP contribution in [0.3, 0.4) is 0 Å². The van der Waals surface area contributed by atoms with Gasteiger partial charge in [0.1, 0.15) is 5.54 Å². The number of nitrogens with zero attached hydrogens (tertiary/aromatic N) is 1. The number of likely N-dealkylation sites (tertiary alicyclic amines) is 1. The molecule has 0 bridgehead atoms. The Morgan fingerprint density at radius 2 is 2.07 bits per heavy atom. The van der Waals surface area contributed by atoms with Gasteiger partial charge in [0.05, 0.1) is 0 Å². The fourth-order valence-corrected chi connectivity index (χ4v) is 2.50. The Hall–Kier alpha value is -1.06. The van der Waals surface area contributed by atoms with E-state index in [1.165, 1.54) is 6.92 Å². The zero-order chi connectivity index (χ0) is 11.5. The van der Waals surface area contributed by atoms with Crippen molar-refractivity contribution in [3.05, 3.63) is 0 Å². The number of carbonyl (C=O) groups is 2. The van der Waals surface area contributed by atoms with Gasteiger partial charge in [-0.3, -0.25) is 4.79 Å². The number of rotatable bonds is 3. The summed E-state index contributed by atoms with van der Waals surface area (Å²) in [5.74, 6) is -0.968. The van der Waals surface area contributed by atoms with Gasteiger partial charge in [0.15, 0.2) is 0 Å². The van der Waals surface area contributed by atoms with Gasteiger partial charge in [-0.15, -0.1) is 0 Å². The highest BCUT2D eigenvalue weighted by Gasteiger charge is 2.46. The van der Waals surface area contributed by atoms with Crippen molar-refractivity contribution in [1.29, 1.82) is 0 Å². The van der Waals surface area contributed by atoms with Crippen molar-refractivity contribution in [3.8, 4) is 0 Å². The fourth-order valence-electron chi connectivity index (χ4n) is 2.50. The molecule has 1 aliphatic heterocycles. The maximum absolute atomic E-state index is 11.5. The Morgan fingerprint density at radius 1 is 1.40 bits per heavy atom. The number of carboxylic acid groups (broad SMARTS) is 1. The third-order valence-electron chi connectivity index (χ3n) is 3.18. The minimum absolute atomic E-state index is 0.120. The second kappa shape index (κ2) is 4.64. The summed E-state index contributed by atoms with van der Waals surface area (Å²) in [5, 5.41) is 9.35. The summed E-state index contributed by atoms with van der Waals surface area (Å²) in [4.78, 5) is 24.4. The summed E-state index contributed by atoms with van der Waals surface area (Å²) in [6.07, 6.45) is 3.75. The zero-order valence-electron chi connectivity index (χ0n) is 9.45. The van der Waals surface area contributed by atoms with Crippen molar-refractivity contribution in [2.75, 3.05) is 6.54 Å². The molecule has 1 rings (SSSR count). The number of piperidine rings is 1. The largest absolute Gasteiger partial charge is 0.479 e. The monoisotopic (exact) mass is 213 g/mol. The molecule has 0 radical (unpaired) electrons. The number of aliphatic carboxylic acids is 1. The summed E-state index contributed by atoms with van der Waals surface area (Å²) in [7, 11) is 0. The number of amides is 1. The van der Waals surface area contributed by atoms with Crippen LogP contribution in [0.25, 0.3) is 0 Å². The standard InChI is InChI=1S/C11H19NO3/c1-3-6-11(10(14)15)7-4-5-8-12(11)9(2)13/h3-8H2,1-2H3,(H,14,15). The maximum atomic E-state index is 11.5. The van der Waals surface area contributed by atoms with E-state index in [4.69, 9.17) is 0 Å². The van der Waals surface area contributed by atoms with Crippen LogP contribution in [-0.2, 0) is 9.59 Å². The van der Waals surface area contributed by atoms with E-state index >= 15 is 0 Å². The van der Waals surface area contributed by atoms with E-state index in [9.17, 15) is 14.7 Å². The predicted octanol–water partition coefficient (Wildman–Crippen LogP) is 1.64. The molecule has 0 aromatic rings. The molecule has 15 heavy (non-hydrogen) atoms. The van der Waals surface area contributed by atoms with Crippen LogP contribution >= 0.6 is 0 Å². The van der Waals surface area contributed by atoms with E-state index in [1.54, 1.807) is 4.90 Å². The molecule has 1 fully saturated rings. The van der Waals surface area contributed by atoms with Crippen molar-refractivity contribution >= 4 is 11.9 Å². The molecular formula is C11H19NO3. The fraction of sp³-hybridized carbons (Fsp3) is 0.818. The van der Waals surface area contributed by atoms with Gasteiger partial charge in [0, 0.05) is 13.5 Å². The van der Waals surface area contributed by atoms with Crippen LogP contribution in [0.1, 0.15) is 46.0 Å². The molecule has 1 atom stereocenters. The van der Waals surface area contributed by atoms with E-state index in [0.29, 0.717) is 19.4 Å². The predicted molar refractivity (Wildman–Crippen MR) is 56.5 cm³/mol. The lowest BCUT2D eigenvalue weighted by molar-refractivity contribution is -0.162. The number of carboxylic acids is 1. The summed E-state index contributed by atoms with van der Waals surface area (Å²) < 4.78 is 0. The Morgan fingerprint density at radius 3 is 2.53 bits per heavy atom. The van der Waals surface area contributed by atoms with Gasteiger partial charge >= 0.3 is 5.97 Å². The first-order valence-corrected chi connectivity index (χ1v) is 5.56. The smallest absolute Gasteiger partial charge is 0.329 e. The summed E-state index contributed by atoms with van der Waals surface area (Å²) in [5.41, 5.74) is -0.932. The topological polar surface area (TPSA) is 57.6 Å². The van der Waals surface area contributed by atoms with E-state index in [-0.39, 0.29) is 5.91 Å². The van der Waals surface area contributed by atoms with E-state index < -0.39 is 11.5 Å².